The second kappa shape index (κ2) is 19.1. The Morgan fingerprint density at radius 1 is 0.444 bits per heavy atom. The van der Waals surface area contributed by atoms with E-state index in [0.29, 0.717) is 35.8 Å². The van der Waals surface area contributed by atoms with Crippen LogP contribution in [0.15, 0.2) is 152 Å². The molecule has 320 valence electrons. The number of benzene rings is 7. The molecule has 0 aliphatic carbocycles. The van der Waals surface area contributed by atoms with E-state index in [1.54, 1.807) is 28.4 Å². The first-order chi connectivity index (χ1) is 30.6. The monoisotopic (exact) mass is 852 g/mol. The van der Waals surface area contributed by atoms with Gasteiger partial charge in [-0.15, -0.1) is 0 Å². The molecule has 0 aromatic heterocycles. The smallest absolute Gasteiger partial charge is 0.134 e. The first kappa shape index (κ1) is 43.5. The fourth-order valence-corrected chi connectivity index (χ4v) is 13.8. The zero-order valence-electron chi connectivity index (χ0n) is 37.6. The number of aryl methyl sites for hydroxylation is 4. The zero-order chi connectivity index (χ0) is 44.2. The Morgan fingerprint density at radius 2 is 0.778 bits per heavy atom. The Morgan fingerprint density at radius 3 is 1.11 bits per heavy atom. The van der Waals surface area contributed by atoms with Crippen LogP contribution >= 0.6 is 7.92 Å². The SMILES string of the molecule is COc1cc(OC)cc(C2CC(=O)CC(c3cc(OC)cc(OC)c3)P2c2c(C(c3ccccc3)c3c(C)cccc3C)cccc2C(c2ccccc2)c2c(C)cccc2C)c1. The van der Waals surface area contributed by atoms with Gasteiger partial charge in [-0.05, 0) is 124 Å². The molecule has 1 heterocycles. The number of hydrogen-bond acceptors (Lipinski definition) is 5. The highest BCUT2D eigenvalue weighted by Crippen LogP contribution is 2.68. The van der Waals surface area contributed by atoms with Gasteiger partial charge in [-0.25, -0.2) is 0 Å². The highest BCUT2D eigenvalue weighted by Gasteiger charge is 2.44. The fourth-order valence-electron chi connectivity index (χ4n) is 10.0. The summed E-state index contributed by atoms with van der Waals surface area (Å²) in [4.78, 5) is 14.6. The number of hydrogen-bond donors (Lipinski definition) is 0. The van der Waals surface area contributed by atoms with E-state index < -0.39 is 7.92 Å². The van der Waals surface area contributed by atoms with E-state index in [1.807, 2.05) is 12.1 Å². The van der Waals surface area contributed by atoms with Crippen molar-refractivity contribution in [2.75, 3.05) is 28.4 Å². The normalized spacial score (nSPS) is 17.1. The molecule has 0 amide bonds. The average Bonchev–Trinajstić information content (AvgIpc) is 3.31. The Hall–Kier alpha value is -6.16. The van der Waals surface area contributed by atoms with Gasteiger partial charge >= 0.3 is 0 Å². The molecule has 7 aromatic rings. The molecule has 0 spiro atoms. The molecule has 4 atom stereocenters. The molecule has 1 aliphatic rings. The molecule has 0 bridgehead atoms. The number of ketones is 1. The number of carbonyl (C=O) groups excluding carboxylic acids is 1. The molecular formula is C57H57O5P. The standard InChI is InChI=1S/C57H57O5P/c1-36-18-15-19-37(2)53(36)55(40-22-11-9-12-23-40)49-26-17-27-50(56(41-24-13-10-14-25-41)54-38(3)20-16-21-39(54)4)57(49)63-51(42-28-45(59-5)34-46(29-42)60-6)32-44(58)33-52(63)43-30-47(61-7)35-48(31-43)62-8/h9-31,34-35,51-52,55-56H,32-33H2,1-8H3. The third-order valence-electron chi connectivity index (χ3n) is 12.9. The molecule has 63 heavy (non-hydrogen) atoms. The van der Waals surface area contributed by atoms with E-state index in [4.69, 9.17) is 18.9 Å². The first-order valence-electron chi connectivity index (χ1n) is 21.7. The van der Waals surface area contributed by atoms with E-state index in [9.17, 15) is 4.79 Å². The molecule has 6 heteroatoms. The van der Waals surface area contributed by atoms with Gasteiger partial charge in [-0.1, -0.05) is 123 Å². The van der Waals surface area contributed by atoms with Crippen LogP contribution in [0.2, 0.25) is 0 Å². The first-order valence-corrected chi connectivity index (χ1v) is 23.2. The van der Waals surface area contributed by atoms with Crippen LogP contribution in [0.4, 0.5) is 0 Å². The minimum Gasteiger partial charge on any atom is -0.497 e. The van der Waals surface area contributed by atoms with Crippen molar-refractivity contribution in [3.63, 3.8) is 0 Å². The lowest BCUT2D eigenvalue weighted by atomic mass is 9.77. The van der Waals surface area contributed by atoms with Crippen LogP contribution in [0.25, 0.3) is 0 Å². The largest absolute Gasteiger partial charge is 0.497 e. The number of methoxy groups -OCH3 is 4. The second-order valence-electron chi connectivity index (χ2n) is 16.8. The second-order valence-corrected chi connectivity index (χ2v) is 19.3. The summed E-state index contributed by atoms with van der Waals surface area (Å²) in [6, 6.07) is 54.6. The maximum atomic E-state index is 14.6. The van der Waals surface area contributed by atoms with Gasteiger partial charge in [0.1, 0.15) is 28.8 Å². The Bertz CT molecular complexity index is 2460. The lowest BCUT2D eigenvalue weighted by Crippen LogP contribution is -2.30. The maximum absolute atomic E-state index is 14.6. The van der Waals surface area contributed by atoms with E-state index in [2.05, 4.69) is 167 Å². The highest BCUT2D eigenvalue weighted by molar-refractivity contribution is 7.66. The minimum absolute atomic E-state index is 0.113. The van der Waals surface area contributed by atoms with E-state index in [1.165, 1.54) is 60.9 Å². The lowest BCUT2D eigenvalue weighted by molar-refractivity contribution is -0.119. The molecular weight excluding hydrogens is 796 g/mol. The molecule has 8 rings (SSSR count). The quantitative estimate of drug-likeness (QED) is 0.0854. The van der Waals surface area contributed by atoms with Gasteiger partial charge in [-0.2, -0.15) is 0 Å². The molecule has 5 nitrogen and oxygen atoms in total. The molecule has 1 aliphatic heterocycles. The summed E-state index contributed by atoms with van der Waals surface area (Å²) in [5.74, 6) is 2.77. The summed E-state index contributed by atoms with van der Waals surface area (Å²) in [6.45, 7) is 8.97. The van der Waals surface area contributed by atoms with Crippen molar-refractivity contribution in [1.29, 1.82) is 0 Å². The van der Waals surface area contributed by atoms with E-state index >= 15 is 0 Å². The van der Waals surface area contributed by atoms with Crippen LogP contribution in [-0.4, -0.2) is 34.2 Å². The van der Waals surface area contributed by atoms with Crippen LogP contribution in [0.5, 0.6) is 23.0 Å². The Kier molecular flexibility index (Phi) is 13.2. The van der Waals surface area contributed by atoms with Gasteiger partial charge in [-0.3, -0.25) is 4.79 Å². The van der Waals surface area contributed by atoms with Gasteiger partial charge in [0.05, 0.1) is 28.4 Å². The van der Waals surface area contributed by atoms with Crippen LogP contribution in [0.3, 0.4) is 0 Å². The van der Waals surface area contributed by atoms with Crippen molar-refractivity contribution < 1.29 is 23.7 Å². The molecule has 1 saturated heterocycles. The van der Waals surface area contributed by atoms with Crippen LogP contribution in [0.1, 0.15) is 103 Å². The summed E-state index contributed by atoms with van der Waals surface area (Å²) in [5.41, 5.74) is 14.2. The lowest BCUT2D eigenvalue weighted by Gasteiger charge is -2.43. The summed E-state index contributed by atoms with van der Waals surface area (Å²) in [5, 5.41) is 1.31. The van der Waals surface area contributed by atoms with Crippen molar-refractivity contribution in [2.24, 2.45) is 0 Å². The summed E-state index contributed by atoms with van der Waals surface area (Å²) >= 11 is 0. The molecule has 0 N–H and O–H groups in total. The van der Waals surface area contributed by atoms with Crippen LogP contribution in [-0.2, 0) is 4.79 Å². The van der Waals surface area contributed by atoms with E-state index in [-0.39, 0.29) is 28.9 Å². The van der Waals surface area contributed by atoms with E-state index in [0.717, 1.165) is 11.1 Å². The molecule has 1 fully saturated rings. The number of rotatable bonds is 13. The van der Waals surface area contributed by atoms with Crippen molar-refractivity contribution in [2.45, 2.75) is 63.7 Å². The number of Topliss-reactive ketones (excluding diaryl/α,β-unsaturated/α-hetero) is 1. The number of carbonyl (C=O) groups is 1. The third-order valence-corrected chi connectivity index (χ3v) is 16.3. The van der Waals surface area contributed by atoms with Crippen molar-refractivity contribution >= 4 is 19.0 Å². The van der Waals surface area contributed by atoms with Crippen molar-refractivity contribution in [3.8, 4) is 23.0 Å². The molecule has 4 unspecified atom stereocenters. The van der Waals surface area contributed by atoms with Gasteiger partial charge in [0.25, 0.3) is 0 Å². The van der Waals surface area contributed by atoms with Gasteiger partial charge in [0.2, 0.25) is 0 Å². The third kappa shape index (κ3) is 8.77. The van der Waals surface area contributed by atoms with Gasteiger partial charge < -0.3 is 18.9 Å². The molecule has 0 radical (unpaired) electrons. The number of ether oxygens (including phenoxy) is 4. The van der Waals surface area contributed by atoms with Gasteiger partial charge in [0.15, 0.2) is 0 Å². The van der Waals surface area contributed by atoms with Crippen molar-refractivity contribution in [1.82, 2.24) is 0 Å². The van der Waals surface area contributed by atoms with Gasteiger partial charge in [0, 0.05) is 48.1 Å². The predicted octanol–water partition coefficient (Wildman–Crippen LogP) is 13.3. The molecule has 7 aromatic carbocycles. The average molecular weight is 853 g/mol. The molecule has 0 saturated carbocycles. The van der Waals surface area contributed by atoms with Crippen molar-refractivity contribution in [3.05, 3.63) is 218 Å². The predicted molar refractivity (Wildman–Crippen MR) is 258 cm³/mol. The highest BCUT2D eigenvalue weighted by atomic mass is 31.1. The Labute approximate surface area is 374 Å². The summed E-state index contributed by atoms with van der Waals surface area (Å²) in [7, 11) is 5.47. The van der Waals surface area contributed by atoms with Crippen LogP contribution in [0, 0.1) is 27.7 Å². The topological polar surface area (TPSA) is 54.0 Å². The maximum Gasteiger partial charge on any atom is 0.134 e. The summed E-state index contributed by atoms with van der Waals surface area (Å²) < 4.78 is 23.8. The zero-order valence-corrected chi connectivity index (χ0v) is 38.5. The minimum atomic E-state index is -1.29. The summed E-state index contributed by atoms with van der Waals surface area (Å²) in [6.07, 6.45) is 0.762. The Balaban J connectivity index is 1.57. The fraction of sp³-hybridized carbons (Fsp3) is 0.246. The van der Waals surface area contributed by atoms with Crippen LogP contribution < -0.4 is 24.3 Å².